The number of nitrogens with two attached hydrogens (primary N) is 1. The monoisotopic (exact) mass is 297 g/mol. The number of hydrogen-bond donors (Lipinski definition) is 2. The molecule has 0 fully saturated rings. The normalized spacial score (nSPS) is 10.4. The molecule has 0 bridgehead atoms. The van der Waals surface area contributed by atoms with Gasteiger partial charge in [0, 0.05) is 18.1 Å². The molecule has 1 aromatic rings. The maximum Gasteiger partial charge on any atom is 0.256 e. The molecule has 0 aliphatic carbocycles. The summed E-state index contributed by atoms with van der Waals surface area (Å²) in [6.45, 7) is 5.78. The number of nitrogen functional groups attached to an aromatic ring is 1. The van der Waals surface area contributed by atoms with Gasteiger partial charge >= 0.3 is 0 Å². The lowest BCUT2D eigenvalue weighted by atomic mass is 10.1. The number of halogens is 1. The fraction of sp³-hybridized carbons (Fsp3) is 0.533. The highest BCUT2D eigenvalue weighted by Crippen LogP contribution is 2.22. The molecular weight excluding hydrogens is 274 g/mol. The third-order valence-electron chi connectivity index (χ3n) is 3.22. The number of nitrogens with one attached hydrogen (secondary N) is 1. The first-order chi connectivity index (χ1) is 9.63. The van der Waals surface area contributed by atoms with Crippen molar-refractivity contribution in [1.82, 2.24) is 4.90 Å². The Balaban J connectivity index is 2.94. The van der Waals surface area contributed by atoms with Crippen molar-refractivity contribution < 1.29 is 4.79 Å². The van der Waals surface area contributed by atoms with Crippen molar-refractivity contribution in [1.29, 1.82) is 0 Å². The number of amides is 1. The van der Waals surface area contributed by atoms with Crippen molar-refractivity contribution in [2.75, 3.05) is 18.5 Å². The molecule has 0 aliphatic heterocycles. The fourth-order valence-corrected chi connectivity index (χ4v) is 2.17. The van der Waals surface area contributed by atoms with E-state index in [1.54, 1.807) is 18.2 Å². The van der Waals surface area contributed by atoms with Gasteiger partial charge in [0.25, 0.3) is 5.91 Å². The molecule has 0 aromatic heterocycles. The summed E-state index contributed by atoms with van der Waals surface area (Å²) < 4.78 is 0. The number of rotatable bonds is 8. The molecule has 1 rings (SSSR count). The number of carbonyl (C=O) groups is 1. The maximum atomic E-state index is 12.7. The van der Waals surface area contributed by atoms with E-state index >= 15 is 0 Å². The molecule has 0 aliphatic rings. The fourth-order valence-electron chi connectivity index (χ4n) is 2.00. The van der Waals surface area contributed by atoms with Gasteiger partial charge in [0.1, 0.15) is 0 Å². The molecule has 1 amide bonds. The van der Waals surface area contributed by atoms with Gasteiger partial charge in [0.2, 0.25) is 0 Å². The van der Waals surface area contributed by atoms with Crippen LogP contribution >= 0.6 is 11.6 Å². The second-order valence-corrected chi connectivity index (χ2v) is 5.27. The second-order valence-electron chi connectivity index (χ2n) is 4.83. The number of benzene rings is 1. The molecule has 0 radical (unpaired) electrons. The van der Waals surface area contributed by atoms with Gasteiger partial charge in [-0.15, -0.1) is 0 Å². The summed E-state index contributed by atoms with van der Waals surface area (Å²) in [4.78, 5) is 14.5. The molecule has 0 saturated carbocycles. The first-order valence-electron chi connectivity index (χ1n) is 7.19. The van der Waals surface area contributed by atoms with E-state index in [1.165, 1.54) is 0 Å². The largest absolute Gasteiger partial charge is 0.339 e. The Bertz CT molecular complexity index is 429. The van der Waals surface area contributed by atoms with Crippen LogP contribution in [0.15, 0.2) is 18.2 Å². The quantitative estimate of drug-likeness (QED) is 0.568. The standard InChI is InChI=1S/C15H24ClN3O/c1-3-5-9-19(10-6-4-2)15(20)13-11-12(16)7-8-14(13)18-17/h7-8,11,18H,3-6,9-10,17H2,1-2H3. The number of unbranched alkanes of at least 4 members (excludes halogenated alkanes) is 2. The zero-order chi connectivity index (χ0) is 15.0. The van der Waals surface area contributed by atoms with Crippen molar-refractivity contribution in [3.05, 3.63) is 28.8 Å². The van der Waals surface area contributed by atoms with E-state index in [4.69, 9.17) is 17.4 Å². The third kappa shape index (κ3) is 4.69. The molecule has 0 heterocycles. The smallest absolute Gasteiger partial charge is 0.256 e. The van der Waals surface area contributed by atoms with Crippen LogP contribution in [0.3, 0.4) is 0 Å². The van der Waals surface area contributed by atoms with Crippen molar-refractivity contribution >= 4 is 23.2 Å². The Morgan fingerprint density at radius 1 is 1.25 bits per heavy atom. The summed E-state index contributed by atoms with van der Waals surface area (Å²) >= 11 is 5.99. The van der Waals surface area contributed by atoms with Gasteiger partial charge < -0.3 is 10.3 Å². The van der Waals surface area contributed by atoms with Gasteiger partial charge in [0.05, 0.1) is 11.3 Å². The van der Waals surface area contributed by atoms with Gasteiger partial charge in [-0.2, -0.15) is 0 Å². The Labute approximate surface area is 126 Å². The Hall–Kier alpha value is -1.26. The first kappa shape index (κ1) is 16.8. The number of carbonyl (C=O) groups excluding carboxylic acids is 1. The van der Waals surface area contributed by atoms with Gasteiger partial charge in [-0.25, -0.2) is 0 Å². The molecule has 20 heavy (non-hydrogen) atoms. The summed E-state index contributed by atoms with van der Waals surface area (Å²) in [5.74, 6) is 5.46. The minimum atomic E-state index is -0.0117. The van der Waals surface area contributed by atoms with E-state index in [9.17, 15) is 4.79 Å². The SMILES string of the molecule is CCCCN(CCCC)C(=O)c1cc(Cl)ccc1NN. The Morgan fingerprint density at radius 3 is 2.35 bits per heavy atom. The molecule has 1 aromatic carbocycles. The summed E-state index contributed by atoms with van der Waals surface area (Å²) in [6.07, 6.45) is 4.13. The predicted molar refractivity (Wildman–Crippen MR) is 85.0 cm³/mol. The van der Waals surface area contributed by atoms with Crippen LogP contribution in [0.5, 0.6) is 0 Å². The summed E-state index contributed by atoms with van der Waals surface area (Å²) in [5, 5.41) is 0.540. The van der Waals surface area contributed by atoms with E-state index in [2.05, 4.69) is 19.3 Å². The van der Waals surface area contributed by atoms with E-state index in [0.717, 1.165) is 38.8 Å². The van der Waals surface area contributed by atoms with Crippen molar-refractivity contribution in [3.8, 4) is 0 Å². The topological polar surface area (TPSA) is 58.4 Å². The van der Waals surface area contributed by atoms with Crippen molar-refractivity contribution in [2.45, 2.75) is 39.5 Å². The van der Waals surface area contributed by atoms with Gasteiger partial charge in [-0.3, -0.25) is 10.6 Å². The number of hydrogen-bond acceptors (Lipinski definition) is 3. The van der Waals surface area contributed by atoms with Crippen LogP contribution in [0.1, 0.15) is 49.9 Å². The first-order valence-corrected chi connectivity index (χ1v) is 7.57. The van der Waals surface area contributed by atoms with Crippen molar-refractivity contribution in [3.63, 3.8) is 0 Å². The van der Waals surface area contributed by atoms with Crippen molar-refractivity contribution in [2.24, 2.45) is 5.84 Å². The van der Waals surface area contributed by atoms with Crippen LogP contribution < -0.4 is 11.3 Å². The lowest BCUT2D eigenvalue weighted by Crippen LogP contribution is -2.33. The molecule has 5 heteroatoms. The van der Waals surface area contributed by atoms with Gasteiger partial charge in [-0.05, 0) is 31.0 Å². The Kier molecular flexibility index (Phi) is 7.41. The highest BCUT2D eigenvalue weighted by molar-refractivity contribution is 6.31. The van der Waals surface area contributed by atoms with Crippen LogP contribution in [0.2, 0.25) is 5.02 Å². The minimum Gasteiger partial charge on any atom is -0.339 e. The second kappa shape index (κ2) is 8.82. The van der Waals surface area contributed by atoms with E-state index in [1.807, 2.05) is 4.90 Å². The lowest BCUT2D eigenvalue weighted by molar-refractivity contribution is 0.0752. The summed E-state index contributed by atoms with van der Waals surface area (Å²) in [5.41, 5.74) is 3.71. The molecular formula is C15H24ClN3O. The minimum absolute atomic E-state index is 0.0117. The highest BCUT2D eigenvalue weighted by atomic mass is 35.5. The number of nitrogens with zero attached hydrogens (tertiary/aromatic N) is 1. The van der Waals surface area contributed by atoms with Gasteiger partial charge in [-0.1, -0.05) is 38.3 Å². The third-order valence-corrected chi connectivity index (χ3v) is 3.45. The molecule has 0 saturated heterocycles. The molecule has 0 atom stereocenters. The predicted octanol–water partition coefficient (Wildman–Crippen LogP) is 3.67. The van der Waals surface area contributed by atoms with E-state index in [-0.39, 0.29) is 5.91 Å². The van der Waals surface area contributed by atoms with Crippen LogP contribution in [0.25, 0.3) is 0 Å². The zero-order valence-electron chi connectivity index (χ0n) is 12.3. The molecule has 0 spiro atoms. The lowest BCUT2D eigenvalue weighted by Gasteiger charge is -2.23. The Morgan fingerprint density at radius 2 is 1.85 bits per heavy atom. The molecule has 0 unspecified atom stereocenters. The van der Waals surface area contributed by atoms with Gasteiger partial charge in [0.15, 0.2) is 0 Å². The average Bonchev–Trinajstić information content (AvgIpc) is 2.46. The maximum absolute atomic E-state index is 12.7. The summed E-state index contributed by atoms with van der Waals surface area (Å²) in [7, 11) is 0. The van der Waals surface area contributed by atoms with E-state index in [0.29, 0.717) is 16.3 Å². The zero-order valence-corrected chi connectivity index (χ0v) is 13.0. The summed E-state index contributed by atoms with van der Waals surface area (Å²) in [6, 6.07) is 5.12. The molecule has 3 N–H and O–H groups in total. The average molecular weight is 298 g/mol. The number of anilines is 1. The highest BCUT2D eigenvalue weighted by Gasteiger charge is 2.18. The number of hydrazine groups is 1. The van der Waals surface area contributed by atoms with Crippen LogP contribution in [-0.4, -0.2) is 23.9 Å². The van der Waals surface area contributed by atoms with E-state index < -0.39 is 0 Å². The molecule has 112 valence electrons. The van der Waals surface area contributed by atoms with Crippen LogP contribution in [0.4, 0.5) is 5.69 Å². The molecule has 4 nitrogen and oxygen atoms in total. The van der Waals surface area contributed by atoms with Crippen LogP contribution in [-0.2, 0) is 0 Å². The van der Waals surface area contributed by atoms with Crippen LogP contribution in [0, 0.1) is 0 Å².